The summed E-state index contributed by atoms with van der Waals surface area (Å²) in [6, 6.07) is 8.72. The summed E-state index contributed by atoms with van der Waals surface area (Å²) in [4.78, 5) is 22.7. The molecule has 0 saturated carbocycles. The summed E-state index contributed by atoms with van der Waals surface area (Å²) in [7, 11) is 0. The molecule has 6 heteroatoms. The van der Waals surface area contributed by atoms with E-state index < -0.39 is 23.4 Å². The first-order chi connectivity index (χ1) is 9.47. The summed E-state index contributed by atoms with van der Waals surface area (Å²) < 4.78 is 25.8. The smallest absolute Gasteiger partial charge is 0.255 e. The van der Waals surface area contributed by atoms with Crippen molar-refractivity contribution in [2.75, 3.05) is 5.32 Å². The minimum absolute atomic E-state index is 0.0112. The van der Waals surface area contributed by atoms with E-state index in [1.54, 1.807) is 0 Å². The maximum absolute atomic E-state index is 13.0. The molecule has 20 heavy (non-hydrogen) atoms. The van der Waals surface area contributed by atoms with Crippen molar-refractivity contribution in [3.8, 4) is 0 Å². The van der Waals surface area contributed by atoms with Gasteiger partial charge >= 0.3 is 0 Å². The van der Waals surface area contributed by atoms with E-state index in [-0.39, 0.29) is 5.56 Å². The van der Waals surface area contributed by atoms with Gasteiger partial charge < -0.3 is 11.1 Å². The zero-order valence-corrected chi connectivity index (χ0v) is 10.2. The highest BCUT2D eigenvalue weighted by Crippen LogP contribution is 2.13. The largest absolute Gasteiger partial charge is 0.366 e. The minimum atomic E-state index is -1.10. The van der Waals surface area contributed by atoms with Crippen LogP contribution in [0.25, 0.3) is 0 Å². The molecule has 0 atom stereocenters. The Morgan fingerprint density at radius 1 is 0.900 bits per heavy atom. The second kappa shape index (κ2) is 5.48. The lowest BCUT2D eigenvalue weighted by Crippen LogP contribution is -2.13. The molecule has 2 aromatic rings. The predicted octanol–water partition coefficient (Wildman–Crippen LogP) is 2.32. The van der Waals surface area contributed by atoms with E-state index in [9.17, 15) is 18.4 Å². The van der Waals surface area contributed by atoms with Crippen LogP contribution in [0, 0.1) is 11.6 Å². The van der Waals surface area contributed by atoms with Gasteiger partial charge in [0.15, 0.2) is 11.6 Å². The molecule has 4 nitrogen and oxygen atoms in total. The summed E-state index contributed by atoms with van der Waals surface area (Å²) in [6.07, 6.45) is 0. The third kappa shape index (κ3) is 2.97. The highest BCUT2D eigenvalue weighted by molar-refractivity contribution is 6.04. The fraction of sp³-hybridized carbons (Fsp3) is 0. The average Bonchev–Trinajstić information content (AvgIpc) is 2.42. The Morgan fingerprint density at radius 2 is 1.50 bits per heavy atom. The van der Waals surface area contributed by atoms with Gasteiger partial charge in [-0.25, -0.2) is 8.78 Å². The Hall–Kier alpha value is -2.76. The number of nitrogens with one attached hydrogen (secondary N) is 1. The van der Waals surface area contributed by atoms with E-state index in [1.165, 1.54) is 30.3 Å². The van der Waals surface area contributed by atoms with Crippen LogP contribution in [0.15, 0.2) is 42.5 Å². The third-order valence-corrected chi connectivity index (χ3v) is 2.61. The zero-order chi connectivity index (χ0) is 14.7. The van der Waals surface area contributed by atoms with Crippen LogP contribution in [0.1, 0.15) is 20.7 Å². The molecule has 3 N–H and O–H groups in total. The van der Waals surface area contributed by atoms with Gasteiger partial charge in [0.05, 0.1) is 0 Å². The number of benzene rings is 2. The number of halogens is 2. The molecule has 2 rings (SSSR count). The molecule has 0 spiro atoms. The number of nitrogens with two attached hydrogens (primary N) is 1. The lowest BCUT2D eigenvalue weighted by atomic mass is 10.1. The van der Waals surface area contributed by atoms with Crippen LogP contribution in [-0.2, 0) is 0 Å². The van der Waals surface area contributed by atoms with Crippen molar-refractivity contribution in [3.63, 3.8) is 0 Å². The predicted molar refractivity (Wildman–Crippen MR) is 69.3 cm³/mol. The van der Waals surface area contributed by atoms with Crippen LogP contribution in [0.5, 0.6) is 0 Å². The first-order valence-electron chi connectivity index (χ1n) is 5.63. The van der Waals surface area contributed by atoms with Crippen molar-refractivity contribution < 1.29 is 18.4 Å². The third-order valence-electron chi connectivity index (χ3n) is 2.61. The molecule has 2 aromatic carbocycles. The molecule has 0 aliphatic rings. The van der Waals surface area contributed by atoms with Crippen LogP contribution in [0.3, 0.4) is 0 Å². The molecule has 0 bridgehead atoms. The molecule has 0 aliphatic carbocycles. The molecule has 102 valence electrons. The quantitative estimate of drug-likeness (QED) is 0.903. The van der Waals surface area contributed by atoms with Crippen LogP contribution < -0.4 is 11.1 Å². The molecular formula is C14H10F2N2O2. The first kappa shape index (κ1) is 13.7. The monoisotopic (exact) mass is 276 g/mol. The van der Waals surface area contributed by atoms with Crippen molar-refractivity contribution >= 4 is 17.5 Å². The van der Waals surface area contributed by atoms with E-state index in [0.29, 0.717) is 11.3 Å². The van der Waals surface area contributed by atoms with Gasteiger partial charge in [0.1, 0.15) is 0 Å². The van der Waals surface area contributed by atoms with Gasteiger partial charge in [-0.2, -0.15) is 0 Å². The van der Waals surface area contributed by atoms with Gasteiger partial charge in [-0.15, -0.1) is 0 Å². The van der Waals surface area contributed by atoms with Gasteiger partial charge in [0.25, 0.3) is 5.91 Å². The second-order valence-corrected chi connectivity index (χ2v) is 4.02. The van der Waals surface area contributed by atoms with Crippen LogP contribution in [-0.4, -0.2) is 11.8 Å². The fourth-order valence-electron chi connectivity index (χ4n) is 1.56. The van der Waals surface area contributed by atoms with Crippen LogP contribution in [0.2, 0.25) is 0 Å². The minimum Gasteiger partial charge on any atom is -0.366 e. The SMILES string of the molecule is NC(=O)c1ccc(NC(=O)c2ccc(F)c(F)c2)cc1. The number of primary amides is 1. The summed E-state index contributed by atoms with van der Waals surface area (Å²) >= 11 is 0. The molecule has 2 amide bonds. The Bertz CT molecular complexity index is 669. The van der Waals surface area contributed by atoms with Gasteiger partial charge in [-0.05, 0) is 42.5 Å². The number of hydrogen-bond acceptors (Lipinski definition) is 2. The van der Waals surface area contributed by atoms with Crippen molar-refractivity contribution in [1.29, 1.82) is 0 Å². The van der Waals surface area contributed by atoms with E-state index in [0.717, 1.165) is 12.1 Å². The highest BCUT2D eigenvalue weighted by Gasteiger charge is 2.10. The van der Waals surface area contributed by atoms with E-state index in [1.807, 2.05) is 0 Å². The molecule has 0 heterocycles. The molecular weight excluding hydrogens is 266 g/mol. The Balaban J connectivity index is 2.14. The van der Waals surface area contributed by atoms with E-state index in [2.05, 4.69) is 5.32 Å². The van der Waals surface area contributed by atoms with Crippen LogP contribution in [0.4, 0.5) is 14.5 Å². The first-order valence-corrected chi connectivity index (χ1v) is 5.63. The normalized spacial score (nSPS) is 10.1. The lowest BCUT2D eigenvalue weighted by Gasteiger charge is -2.06. The molecule has 0 aliphatic heterocycles. The topological polar surface area (TPSA) is 72.2 Å². The maximum Gasteiger partial charge on any atom is 0.255 e. The number of rotatable bonds is 3. The van der Waals surface area contributed by atoms with E-state index >= 15 is 0 Å². The van der Waals surface area contributed by atoms with Crippen molar-refractivity contribution in [3.05, 3.63) is 65.2 Å². The van der Waals surface area contributed by atoms with Crippen molar-refractivity contribution in [2.45, 2.75) is 0 Å². The maximum atomic E-state index is 13.0. The molecule has 0 unspecified atom stereocenters. The Morgan fingerprint density at radius 3 is 2.05 bits per heavy atom. The van der Waals surface area contributed by atoms with Gasteiger partial charge in [-0.1, -0.05) is 0 Å². The van der Waals surface area contributed by atoms with Gasteiger partial charge in [-0.3, -0.25) is 9.59 Å². The molecule has 0 fully saturated rings. The molecule has 0 saturated heterocycles. The highest BCUT2D eigenvalue weighted by atomic mass is 19.2. The van der Waals surface area contributed by atoms with Crippen LogP contribution >= 0.6 is 0 Å². The zero-order valence-electron chi connectivity index (χ0n) is 10.2. The fourth-order valence-corrected chi connectivity index (χ4v) is 1.56. The number of amides is 2. The van der Waals surface area contributed by atoms with Gasteiger partial charge in [0, 0.05) is 16.8 Å². The Kier molecular flexibility index (Phi) is 3.74. The number of carbonyl (C=O) groups is 2. The standard InChI is InChI=1S/C14H10F2N2O2/c15-11-6-3-9(7-12(11)16)14(20)18-10-4-1-8(2-5-10)13(17)19/h1-7H,(H2,17,19)(H,18,20). The summed E-state index contributed by atoms with van der Waals surface area (Å²) in [5.41, 5.74) is 5.78. The molecule has 0 aromatic heterocycles. The lowest BCUT2D eigenvalue weighted by molar-refractivity contribution is 0.0998. The summed E-state index contributed by atoms with van der Waals surface area (Å²) in [5, 5.41) is 2.49. The molecule has 0 radical (unpaired) electrons. The average molecular weight is 276 g/mol. The van der Waals surface area contributed by atoms with Crippen molar-refractivity contribution in [2.24, 2.45) is 5.73 Å². The number of carbonyl (C=O) groups excluding carboxylic acids is 2. The number of hydrogen-bond donors (Lipinski definition) is 2. The summed E-state index contributed by atoms with van der Waals surface area (Å²) in [6.45, 7) is 0. The van der Waals surface area contributed by atoms with Gasteiger partial charge in [0.2, 0.25) is 5.91 Å². The van der Waals surface area contributed by atoms with Crippen molar-refractivity contribution in [1.82, 2.24) is 0 Å². The summed E-state index contributed by atoms with van der Waals surface area (Å²) in [5.74, 6) is -3.28. The van der Waals surface area contributed by atoms with E-state index in [4.69, 9.17) is 5.73 Å². The Labute approximate surface area is 113 Å². The number of anilines is 1. The second-order valence-electron chi connectivity index (χ2n) is 4.02.